The van der Waals surface area contributed by atoms with E-state index in [0.29, 0.717) is 35.2 Å². The predicted octanol–water partition coefficient (Wildman–Crippen LogP) is 3.62. The highest BCUT2D eigenvalue weighted by Gasteiger charge is 2.69. The molecule has 4 aliphatic carbocycles. The summed E-state index contributed by atoms with van der Waals surface area (Å²) in [6, 6.07) is 0. The second-order valence-corrected chi connectivity index (χ2v) is 15.9. The van der Waals surface area contributed by atoms with E-state index >= 15 is 0 Å². The molecule has 0 radical (unpaired) electrons. The molecule has 8 nitrogen and oxygen atoms in total. The van der Waals surface area contributed by atoms with Crippen molar-refractivity contribution in [1.29, 1.82) is 0 Å². The van der Waals surface area contributed by atoms with Crippen LogP contribution in [-0.4, -0.2) is 82.3 Å². The molecule has 0 bridgehead atoms. The van der Waals surface area contributed by atoms with E-state index in [4.69, 9.17) is 18.9 Å². The highest BCUT2D eigenvalue weighted by Crippen LogP contribution is 2.71. The molecule has 8 heteroatoms. The van der Waals surface area contributed by atoms with Gasteiger partial charge in [0.2, 0.25) is 0 Å². The number of hydrogen-bond donors (Lipinski definition) is 4. The third-order valence-corrected chi connectivity index (χ3v) is 14.1. The van der Waals surface area contributed by atoms with Crippen molar-refractivity contribution in [3.63, 3.8) is 0 Å². The number of hydrogen-bond acceptors (Lipinski definition) is 8. The fourth-order valence-corrected chi connectivity index (χ4v) is 11.7. The van der Waals surface area contributed by atoms with Gasteiger partial charge in [-0.05, 0) is 104 Å². The molecule has 7 rings (SSSR count). The van der Waals surface area contributed by atoms with E-state index < -0.39 is 37.3 Å². The Bertz CT molecular complexity index is 967. The zero-order valence-electron chi connectivity index (χ0n) is 25.5. The van der Waals surface area contributed by atoms with E-state index in [1.54, 1.807) is 0 Å². The van der Waals surface area contributed by atoms with Gasteiger partial charge < -0.3 is 39.4 Å². The van der Waals surface area contributed by atoms with Gasteiger partial charge in [-0.2, -0.15) is 0 Å². The summed E-state index contributed by atoms with van der Waals surface area (Å²) in [7, 11) is 0. The van der Waals surface area contributed by atoms with Crippen LogP contribution in [0.5, 0.6) is 0 Å². The summed E-state index contributed by atoms with van der Waals surface area (Å²) in [6.45, 7) is 10.3. The first kappa shape index (κ1) is 29.4. The van der Waals surface area contributed by atoms with E-state index in [-0.39, 0.29) is 17.3 Å². The molecule has 7 fully saturated rings. The maximum absolute atomic E-state index is 10.5. The van der Waals surface area contributed by atoms with Crippen molar-refractivity contribution in [2.45, 2.75) is 141 Å². The van der Waals surface area contributed by atoms with Crippen LogP contribution in [-0.2, 0) is 18.9 Å². The second-order valence-electron chi connectivity index (χ2n) is 15.9. The Morgan fingerprint density at radius 3 is 2.34 bits per heavy atom. The van der Waals surface area contributed by atoms with Crippen LogP contribution >= 0.6 is 0 Å². The summed E-state index contributed by atoms with van der Waals surface area (Å²) in [5.41, 5.74) is 0.612. The highest BCUT2D eigenvalue weighted by atomic mass is 16.7. The molecule has 234 valence electrons. The van der Waals surface area contributed by atoms with Crippen LogP contribution in [0.4, 0.5) is 0 Å². The molecule has 0 aromatic carbocycles. The van der Waals surface area contributed by atoms with Gasteiger partial charge in [-0.1, -0.05) is 27.7 Å². The van der Waals surface area contributed by atoms with Crippen LogP contribution in [0.15, 0.2) is 0 Å². The lowest BCUT2D eigenvalue weighted by molar-refractivity contribution is -0.316. The minimum Gasteiger partial charge on any atom is -0.394 e. The average molecular weight is 579 g/mol. The molecular weight excluding hydrogens is 524 g/mol. The second kappa shape index (κ2) is 10.4. The van der Waals surface area contributed by atoms with E-state index in [9.17, 15) is 20.4 Å². The third kappa shape index (κ3) is 4.36. The normalized spacial score (nSPS) is 60.3. The van der Waals surface area contributed by atoms with Gasteiger partial charge in [-0.3, -0.25) is 0 Å². The third-order valence-electron chi connectivity index (χ3n) is 14.1. The lowest BCUT2D eigenvalue weighted by Crippen LogP contribution is -2.60. The molecule has 3 aliphatic heterocycles. The minimum atomic E-state index is -1.40. The van der Waals surface area contributed by atoms with Gasteiger partial charge in [-0.25, -0.2) is 0 Å². The molecule has 7 aliphatic rings. The molecule has 41 heavy (non-hydrogen) atoms. The molecule has 17 atom stereocenters. The Kier molecular flexibility index (Phi) is 7.43. The molecule has 0 amide bonds. The van der Waals surface area contributed by atoms with Crippen molar-refractivity contribution >= 4 is 0 Å². The number of aliphatic hydroxyl groups is 4. The molecule has 1 spiro atoms. The minimum absolute atomic E-state index is 0.0607. The summed E-state index contributed by atoms with van der Waals surface area (Å²) in [5.74, 6) is 4.08. The summed E-state index contributed by atoms with van der Waals surface area (Å²) in [5, 5.41) is 40.4. The number of fused-ring (bicyclic) bond motifs is 7. The molecule has 3 heterocycles. The van der Waals surface area contributed by atoms with Crippen LogP contribution in [0.25, 0.3) is 0 Å². The van der Waals surface area contributed by atoms with Crippen molar-refractivity contribution in [2.75, 3.05) is 13.2 Å². The average Bonchev–Trinajstić information content (AvgIpc) is 3.40. The van der Waals surface area contributed by atoms with E-state index in [2.05, 4.69) is 27.7 Å². The number of ether oxygens (including phenoxy) is 4. The largest absolute Gasteiger partial charge is 0.394 e. The highest BCUT2D eigenvalue weighted by molar-refractivity contribution is 5.15. The van der Waals surface area contributed by atoms with E-state index in [1.165, 1.54) is 38.5 Å². The van der Waals surface area contributed by atoms with E-state index in [1.807, 2.05) is 0 Å². The molecule has 0 aromatic heterocycles. The Morgan fingerprint density at radius 1 is 0.829 bits per heavy atom. The monoisotopic (exact) mass is 578 g/mol. The van der Waals surface area contributed by atoms with Crippen molar-refractivity contribution < 1.29 is 39.4 Å². The Hall–Kier alpha value is -0.320. The molecule has 1 unspecified atom stereocenters. The lowest BCUT2D eigenvalue weighted by Gasteiger charge is -2.61. The van der Waals surface area contributed by atoms with Crippen LogP contribution < -0.4 is 0 Å². The van der Waals surface area contributed by atoms with Gasteiger partial charge in [0.15, 0.2) is 12.1 Å². The van der Waals surface area contributed by atoms with Gasteiger partial charge in [0.05, 0.1) is 25.4 Å². The fraction of sp³-hybridized carbons (Fsp3) is 1.00. The predicted molar refractivity (Wildman–Crippen MR) is 150 cm³/mol. The molecule has 0 aromatic rings. The Morgan fingerprint density at radius 2 is 1.61 bits per heavy atom. The van der Waals surface area contributed by atoms with Gasteiger partial charge in [-0.15, -0.1) is 0 Å². The standard InChI is InChI=1S/C33H54O8/c1-17-7-12-33(38-16-17)18(2)26-24(41-33)14-23-21-6-5-19-13-20(8-10-31(19,3)22(21)9-11-32(23,26)4)39-30-29(37)28(36)27(35)25(15-34)40-30/h17-30,34-37H,5-16H2,1-4H3/t17?,18-,19-,20-,21+,22-,23-,24-,25+,26-,27+,28-,29+,30+,31-,32-,33+/m1/s1. The summed E-state index contributed by atoms with van der Waals surface area (Å²) in [4.78, 5) is 0. The smallest absolute Gasteiger partial charge is 0.186 e. The zero-order valence-corrected chi connectivity index (χ0v) is 25.5. The first-order chi connectivity index (χ1) is 19.5. The summed E-state index contributed by atoms with van der Waals surface area (Å²) < 4.78 is 25.4. The lowest BCUT2D eigenvalue weighted by atomic mass is 9.44. The summed E-state index contributed by atoms with van der Waals surface area (Å²) in [6.07, 6.45) is 5.64. The zero-order chi connectivity index (χ0) is 28.9. The maximum Gasteiger partial charge on any atom is 0.186 e. The van der Waals surface area contributed by atoms with E-state index in [0.717, 1.165) is 50.0 Å². The number of aliphatic hydroxyl groups excluding tert-OH is 4. The maximum atomic E-state index is 10.5. The molecule has 4 saturated carbocycles. The van der Waals surface area contributed by atoms with Crippen LogP contribution in [0.1, 0.15) is 91.9 Å². The van der Waals surface area contributed by atoms with Crippen molar-refractivity contribution in [2.24, 2.45) is 52.3 Å². The Balaban J connectivity index is 1.03. The first-order valence-electron chi connectivity index (χ1n) is 16.8. The van der Waals surface area contributed by atoms with Gasteiger partial charge in [0, 0.05) is 12.3 Å². The molecule has 4 N–H and O–H groups in total. The molecule has 3 saturated heterocycles. The fourth-order valence-electron chi connectivity index (χ4n) is 11.7. The Labute approximate surface area is 245 Å². The number of rotatable bonds is 3. The van der Waals surface area contributed by atoms with Gasteiger partial charge in [0.25, 0.3) is 0 Å². The van der Waals surface area contributed by atoms with Gasteiger partial charge in [0.1, 0.15) is 24.4 Å². The van der Waals surface area contributed by atoms with Crippen molar-refractivity contribution in [3.8, 4) is 0 Å². The van der Waals surface area contributed by atoms with Crippen LogP contribution in [0.2, 0.25) is 0 Å². The summed E-state index contributed by atoms with van der Waals surface area (Å²) >= 11 is 0. The topological polar surface area (TPSA) is 118 Å². The quantitative estimate of drug-likeness (QED) is 0.375. The molecular formula is C33H54O8. The SMILES string of the molecule is CC1CC[C@]2(OC1)O[C@@H]1C[C@@H]3[C@H]4CC[C@@H]5C[C@H](O[C@H]6O[C@@H](CO)[C@H](O)[C@@H](O)[C@@H]6O)CC[C@@]5(C)[C@@H]4CC[C@@]3(C)[C@@H]1[C@H]2C. The van der Waals surface area contributed by atoms with Gasteiger partial charge >= 0.3 is 0 Å². The van der Waals surface area contributed by atoms with Crippen LogP contribution in [0, 0.1) is 52.3 Å². The van der Waals surface area contributed by atoms with Crippen LogP contribution in [0.3, 0.4) is 0 Å². The van der Waals surface area contributed by atoms with Crippen molar-refractivity contribution in [3.05, 3.63) is 0 Å². The van der Waals surface area contributed by atoms with Crippen molar-refractivity contribution in [1.82, 2.24) is 0 Å². The first-order valence-corrected chi connectivity index (χ1v) is 16.8.